The number of nitrogens with one attached hydrogen (secondary N) is 2. The first kappa shape index (κ1) is 21.2. The number of sulfonamides is 1. The average molecular weight is 423 g/mol. The largest absolute Gasteiger partial charge is 0.342 e. The van der Waals surface area contributed by atoms with Gasteiger partial charge in [0.2, 0.25) is 0 Å². The number of pyridine rings is 1. The van der Waals surface area contributed by atoms with Gasteiger partial charge in [-0.3, -0.25) is 14.5 Å². The minimum absolute atomic E-state index is 0.0143. The lowest BCUT2D eigenvalue weighted by Gasteiger charge is -2.15. The number of aryl methyl sites for hydroxylation is 1. The Balaban J connectivity index is 1.77. The van der Waals surface area contributed by atoms with Crippen molar-refractivity contribution in [3.05, 3.63) is 89.7 Å². The minimum atomic E-state index is -3.84. The van der Waals surface area contributed by atoms with Gasteiger partial charge in [0, 0.05) is 23.6 Å². The fraction of sp³-hybridized carbons (Fsp3) is 0.136. The van der Waals surface area contributed by atoms with Crippen molar-refractivity contribution >= 4 is 27.9 Å². The average Bonchev–Trinajstić information content (AvgIpc) is 2.75. The molecule has 1 unspecified atom stereocenters. The van der Waals surface area contributed by atoms with E-state index >= 15 is 0 Å². The van der Waals surface area contributed by atoms with Gasteiger partial charge in [0.25, 0.3) is 15.9 Å². The van der Waals surface area contributed by atoms with Gasteiger partial charge in [-0.05, 0) is 48.7 Å². The molecule has 0 radical (unpaired) electrons. The third-order valence-corrected chi connectivity index (χ3v) is 5.82. The standard InChI is InChI=1S/C22H21N3O4S/c1-16-9-10-18(25-30(28,29)20-8-5-11-23-14-20)13-21(16)22(27)24-19(15-26)12-17-6-3-2-4-7-17/h2-11,13-15,19,25H,12H2,1H3,(H,24,27). The molecule has 1 atom stereocenters. The predicted molar refractivity (Wildman–Crippen MR) is 114 cm³/mol. The van der Waals surface area contributed by atoms with Gasteiger partial charge >= 0.3 is 0 Å². The normalized spacial score (nSPS) is 12.0. The first-order valence-corrected chi connectivity index (χ1v) is 10.7. The van der Waals surface area contributed by atoms with E-state index in [9.17, 15) is 18.0 Å². The van der Waals surface area contributed by atoms with E-state index < -0.39 is 22.0 Å². The number of aldehydes is 1. The van der Waals surface area contributed by atoms with E-state index in [0.29, 0.717) is 18.3 Å². The SMILES string of the molecule is Cc1ccc(NS(=O)(=O)c2cccnc2)cc1C(=O)NC(C=O)Cc1ccccc1. The number of anilines is 1. The molecular weight excluding hydrogens is 402 g/mol. The van der Waals surface area contributed by atoms with Crippen LogP contribution in [-0.2, 0) is 21.2 Å². The van der Waals surface area contributed by atoms with Crippen LogP contribution >= 0.6 is 0 Å². The van der Waals surface area contributed by atoms with Crippen molar-refractivity contribution in [2.24, 2.45) is 0 Å². The molecule has 3 rings (SSSR count). The van der Waals surface area contributed by atoms with E-state index in [1.165, 1.54) is 30.6 Å². The summed E-state index contributed by atoms with van der Waals surface area (Å²) in [7, 11) is -3.84. The first-order valence-electron chi connectivity index (χ1n) is 9.22. The Morgan fingerprint density at radius 1 is 1.10 bits per heavy atom. The first-order chi connectivity index (χ1) is 14.4. The topological polar surface area (TPSA) is 105 Å². The number of rotatable bonds is 8. The molecule has 2 aromatic carbocycles. The van der Waals surface area contributed by atoms with Crippen LogP contribution in [0.25, 0.3) is 0 Å². The van der Waals surface area contributed by atoms with Gasteiger partial charge < -0.3 is 10.1 Å². The van der Waals surface area contributed by atoms with Crippen LogP contribution in [-0.4, -0.2) is 31.6 Å². The Labute approximate surface area is 175 Å². The molecule has 0 aliphatic carbocycles. The van der Waals surface area contributed by atoms with Crippen molar-refractivity contribution in [1.82, 2.24) is 10.3 Å². The van der Waals surface area contributed by atoms with Crippen LogP contribution < -0.4 is 10.0 Å². The Morgan fingerprint density at radius 3 is 2.53 bits per heavy atom. The molecular formula is C22H21N3O4S. The molecule has 30 heavy (non-hydrogen) atoms. The third-order valence-electron chi connectivity index (χ3n) is 4.46. The number of hydrogen-bond acceptors (Lipinski definition) is 5. The highest BCUT2D eigenvalue weighted by molar-refractivity contribution is 7.92. The number of carbonyl (C=O) groups excluding carboxylic acids is 2. The zero-order chi connectivity index (χ0) is 21.6. The van der Waals surface area contributed by atoms with Crippen molar-refractivity contribution in [3.63, 3.8) is 0 Å². The van der Waals surface area contributed by atoms with Crippen LogP contribution in [0.5, 0.6) is 0 Å². The number of hydrogen-bond donors (Lipinski definition) is 2. The van der Waals surface area contributed by atoms with E-state index in [0.717, 1.165) is 5.56 Å². The van der Waals surface area contributed by atoms with Crippen molar-refractivity contribution < 1.29 is 18.0 Å². The number of amides is 1. The smallest absolute Gasteiger partial charge is 0.263 e. The Hall–Kier alpha value is -3.52. The van der Waals surface area contributed by atoms with Crippen LogP contribution in [0.3, 0.4) is 0 Å². The van der Waals surface area contributed by atoms with Crippen molar-refractivity contribution in [3.8, 4) is 0 Å². The maximum absolute atomic E-state index is 12.8. The Morgan fingerprint density at radius 2 is 1.87 bits per heavy atom. The molecule has 0 fully saturated rings. The van der Waals surface area contributed by atoms with E-state index in [2.05, 4.69) is 15.0 Å². The van der Waals surface area contributed by atoms with Gasteiger partial charge in [0.1, 0.15) is 11.2 Å². The molecule has 0 saturated carbocycles. The highest BCUT2D eigenvalue weighted by Crippen LogP contribution is 2.19. The molecule has 8 heteroatoms. The van der Waals surface area contributed by atoms with Gasteiger partial charge in [0.05, 0.1) is 6.04 Å². The van der Waals surface area contributed by atoms with E-state index in [-0.39, 0.29) is 16.1 Å². The van der Waals surface area contributed by atoms with Crippen molar-refractivity contribution in [2.45, 2.75) is 24.3 Å². The van der Waals surface area contributed by atoms with Gasteiger partial charge in [-0.15, -0.1) is 0 Å². The quantitative estimate of drug-likeness (QED) is 0.542. The van der Waals surface area contributed by atoms with Gasteiger partial charge in [-0.25, -0.2) is 8.42 Å². The third kappa shape index (κ3) is 5.30. The van der Waals surface area contributed by atoms with Gasteiger partial charge in [-0.1, -0.05) is 36.4 Å². The summed E-state index contributed by atoms with van der Waals surface area (Å²) in [6.07, 6.45) is 3.77. The van der Waals surface area contributed by atoms with E-state index in [4.69, 9.17) is 0 Å². The minimum Gasteiger partial charge on any atom is -0.342 e. The Kier molecular flexibility index (Phi) is 6.58. The molecule has 7 nitrogen and oxygen atoms in total. The molecule has 2 N–H and O–H groups in total. The van der Waals surface area contributed by atoms with Crippen LogP contribution in [0, 0.1) is 6.92 Å². The second-order valence-corrected chi connectivity index (χ2v) is 8.41. The lowest BCUT2D eigenvalue weighted by molar-refractivity contribution is -0.109. The lowest BCUT2D eigenvalue weighted by atomic mass is 10.0. The fourth-order valence-corrected chi connectivity index (χ4v) is 3.91. The molecule has 0 aliphatic heterocycles. The maximum atomic E-state index is 12.8. The van der Waals surface area contributed by atoms with Gasteiger partial charge in [0.15, 0.2) is 0 Å². The predicted octanol–water partition coefficient (Wildman–Crippen LogP) is 2.73. The summed E-state index contributed by atoms with van der Waals surface area (Å²) >= 11 is 0. The zero-order valence-electron chi connectivity index (χ0n) is 16.3. The summed E-state index contributed by atoms with van der Waals surface area (Å²) in [6.45, 7) is 1.74. The highest BCUT2D eigenvalue weighted by atomic mass is 32.2. The monoisotopic (exact) mass is 423 g/mol. The molecule has 0 bridgehead atoms. The second kappa shape index (κ2) is 9.32. The summed E-state index contributed by atoms with van der Waals surface area (Å²) in [5, 5.41) is 2.70. The molecule has 0 saturated heterocycles. The number of carbonyl (C=O) groups is 2. The fourth-order valence-electron chi connectivity index (χ4n) is 2.90. The number of nitrogens with zero attached hydrogens (tertiary/aromatic N) is 1. The molecule has 0 aliphatic rings. The van der Waals surface area contributed by atoms with Crippen molar-refractivity contribution in [2.75, 3.05) is 4.72 Å². The van der Waals surface area contributed by atoms with Crippen LogP contribution in [0.15, 0.2) is 78.0 Å². The zero-order valence-corrected chi connectivity index (χ0v) is 17.1. The van der Waals surface area contributed by atoms with E-state index in [1.54, 1.807) is 19.1 Å². The Bertz CT molecular complexity index is 1130. The van der Waals surface area contributed by atoms with Crippen LogP contribution in [0.2, 0.25) is 0 Å². The summed E-state index contributed by atoms with van der Waals surface area (Å²) in [4.78, 5) is 28.0. The number of aromatic nitrogens is 1. The second-order valence-electron chi connectivity index (χ2n) is 6.73. The summed E-state index contributed by atoms with van der Waals surface area (Å²) in [5.41, 5.74) is 2.09. The van der Waals surface area contributed by atoms with Crippen LogP contribution in [0.1, 0.15) is 21.5 Å². The number of benzene rings is 2. The summed E-state index contributed by atoms with van der Waals surface area (Å²) in [5.74, 6) is -0.456. The summed E-state index contributed by atoms with van der Waals surface area (Å²) in [6, 6.07) is 16.3. The maximum Gasteiger partial charge on any atom is 0.263 e. The molecule has 1 amide bonds. The highest BCUT2D eigenvalue weighted by Gasteiger charge is 2.18. The molecule has 3 aromatic rings. The van der Waals surface area contributed by atoms with Crippen molar-refractivity contribution in [1.29, 1.82) is 0 Å². The molecule has 0 spiro atoms. The molecule has 154 valence electrons. The van der Waals surface area contributed by atoms with E-state index in [1.807, 2.05) is 30.3 Å². The lowest BCUT2D eigenvalue weighted by Crippen LogP contribution is -2.38. The van der Waals surface area contributed by atoms with Crippen LogP contribution in [0.4, 0.5) is 5.69 Å². The van der Waals surface area contributed by atoms with Gasteiger partial charge in [-0.2, -0.15) is 0 Å². The molecule has 1 aromatic heterocycles. The summed E-state index contributed by atoms with van der Waals surface area (Å²) < 4.78 is 27.4. The molecule has 1 heterocycles.